The van der Waals surface area contributed by atoms with Crippen LogP contribution in [-0.4, -0.2) is 5.79 Å². The first kappa shape index (κ1) is 11.2. The molecule has 2 bridgehead atoms. The van der Waals surface area contributed by atoms with Crippen LogP contribution in [-0.2, 0) is 14.5 Å². The van der Waals surface area contributed by atoms with Gasteiger partial charge in [-0.2, -0.15) is 9.78 Å². The summed E-state index contributed by atoms with van der Waals surface area (Å²) in [6.45, 7) is 1.93. The van der Waals surface area contributed by atoms with Crippen molar-refractivity contribution in [3.05, 3.63) is 71.3 Å². The summed E-state index contributed by atoms with van der Waals surface area (Å²) >= 11 is 0. The summed E-state index contributed by atoms with van der Waals surface area (Å²) in [5, 5.41) is 0. The molecule has 96 valence electrons. The summed E-state index contributed by atoms with van der Waals surface area (Å²) in [6.07, 6.45) is -0.416. The summed E-state index contributed by atoms with van der Waals surface area (Å²) in [5.74, 6) is -0.746. The first-order chi connectivity index (χ1) is 9.28. The third-order valence-electron chi connectivity index (χ3n) is 3.86. The minimum Gasteiger partial charge on any atom is -0.310 e. The van der Waals surface area contributed by atoms with E-state index in [1.165, 1.54) is 11.1 Å². The Labute approximate surface area is 111 Å². The largest absolute Gasteiger partial charge is 0.310 e. The molecule has 1 unspecified atom stereocenters. The van der Waals surface area contributed by atoms with Crippen LogP contribution in [0.2, 0.25) is 0 Å². The molecule has 1 fully saturated rings. The van der Waals surface area contributed by atoms with Crippen molar-refractivity contribution in [3.8, 4) is 0 Å². The van der Waals surface area contributed by atoms with Crippen LogP contribution in [0.3, 0.4) is 0 Å². The van der Waals surface area contributed by atoms with Gasteiger partial charge in [-0.25, -0.2) is 0 Å². The summed E-state index contributed by atoms with van der Waals surface area (Å²) in [5.41, 5.74) is 3.43. The minimum absolute atomic E-state index is 0.0173. The molecule has 0 aromatic heterocycles. The number of benzene rings is 2. The highest BCUT2D eigenvalue weighted by Crippen LogP contribution is 2.52. The molecule has 19 heavy (non-hydrogen) atoms. The van der Waals surface area contributed by atoms with Crippen molar-refractivity contribution < 1.29 is 14.5 Å². The molecular formula is C16H14O3. The maximum Gasteiger partial charge on any atom is 0.220 e. The van der Waals surface area contributed by atoms with Gasteiger partial charge in [-0.1, -0.05) is 54.6 Å². The van der Waals surface area contributed by atoms with Gasteiger partial charge < -0.3 is 4.74 Å². The molecule has 0 saturated carbocycles. The van der Waals surface area contributed by atoms with E-state index in [-0.39, 0.29) is 5.92 Å². The SMILES string of the molecule is C[C@]12OO[C@H](O1)c1ccccc1C2c1ccccc1. The number of ether oxygens (including phenoxy) is 1. The highest BCUT2D eigenvalue weighted by Gasteiger charge is 2.53. The van der Waals surface area contributed by atoms with Gasteiger partial charge in [0.2, 0.25) is 12.1 Å². The fourth-order valence-corrected chi connectivity index (χ4v) is 3.02. The molecule has 2 aliphatic rings. The Balaban J connectivity index is 1.94. The van der Waals surface area contributed by atoms with E-state index in [2.05, 4.69) is 18.2 Å². The van der Waals surface area contributed by atoms with Crippen LogP contribution in [0.5, 0.6) is 0 Å². The molecule has 1 saturated heterocycles. The van der Waals surface area contributed by atoms with Gasteiger partial charge in [-0.15, -0.1) is 0 Å². The van der Waals surface area contributed by atoms with E-state index >= 15 is 0 Å². The molecule has 3 atom stereocenters. The summed E-state index contributed by atoms with van der Waals surface area (Å²) in [6, 6.07) is 18.5. The van der Waals surface area contributed by atoms with Crippen LogP contribution >= 0.6 is 0 Å². The molecule has 2 heterocycles. The smallest absolute Gasteiger partial charge is 0.220 e. The maximum atomic E-state index is 5.93. The number of rotatable bonds is 1. The van der Waals surface area contributed by atoms with E-state index < -0.39 is 12.1 Å². The Morgan fingerprint density at radius 3 is 2.37 bits per heavy atom. The van der Waals surface area contributed by atoms with Crippen molar-refractivity contribution in [2.75, 3.05) is 0 Å². The maximum absolute atomic E-state index is 5.93. The Morgan fingerprint density at radius 2 is 1.58 bits per heavy atom. The second-order valence-corrected chi connectivity index (χ2v) is 5.12. The third kappa shape index (κ3) is 1.56. The Bertz CT molecular complexity index is 610. The van der Waals surface area contributed by atoms with Gasteiger partial charge >= 0.3 is 0 Å². The molecule has 2 aliphatic heterocycles. The van der Waals surface area contributed by atoms with Crippen molar-refractivity contribution in [1.82, 2.24) is 0 Å². The van der Waals surface area contributed by atoms with E-state index in [0.29, 0.717) is 0 Å². The molecule has 0 N–H and O–H groups in total. The molecular weight excluding hydrogens is 240 g/mol. The van der Waals surface area contributed by atoms with Crippen molar-refractivity contribution in [3.63, 3.8) is 0 Å². The van der Waals surface area contributed by atoms with Crippen molar-refractivity contribution in [1.29, 1.82) is 0 Å². The molecule has 3 heteroatoms. The monoisotopic (exact) mass is 254 g/mol. The number of fused-ring (bicyclic) bond motifs is 4. The van der Waals surface area contributed by atoms with Crippen LogP contribution in [0.25, 0.3) is 0 Å². The Morgan fingerprint density at radius 1 is 0.895 bits per heavy atom. The summed E-state index contributed by atoms with van der Waals surface area (Å²) < 4.78 is 5.93. The van der Waals surface area contributed by atoms with Gasteiger partial charge in [-0.05, 0) is 18.1 Å². The predicted molar refractivity (Wildman–Crippen MR) is 69.1 cm³/mol. The van der Waals surface area contributed by atoms with Crippen LogP contribution in [0.1, 0.15) is 35.8 Å². The third-order valence-corrected chi connectivity index (χ3v) is 3.86. The summed E-state index contributed by atoms with van der Waals surface area (Å²) in [7, 11) is 0. The number of hydrogen-bond acceptors (Lipinski definition) is 3. The molecule has 4 rings (SSSR count). The first-order valence-electron chi connectivity index (χ1n) is 6.44. The van der Waals surface area contributed by atoms with Gasteiger partial charge in [0.15, 0.2) is 0 Å². The van der Waals surface area contributed by atoms with Crippen LogP contribution in [0.15, 0.2) is 54.6 Å². The lowest BCUT2D eigenvalue weighted by atomic mass is 9.81. The van der Waals surface area contributed by atoms with Crippen LogP contribution < -0.4 is 0 Å². The predicted octanol–water partition coefficient (Wildman–Crippen LogP) is 3.53. The Kier molecular flexibility index (Phi) is 2.30. The average molecular weight is 254 g/mol. The van der Waals surface area contributed by atoms with E-state index in [9.17, 15) is 0 Å². The van der Waals surface area contributed by atoms with Gasteiger partial charge in [0.05, 0.1) is 5.92 Å². The molecule has 2 aromatic carbocycles. The minimum atomic E-state index is -0.764. The average Bonchev–Trinajstić information content (AvgIpc) is 2.79. The summed E-state index contributed by atoms with van der Waals surface area (Å²) in [4.78, 5) is 10.8. The van der Waals surface area contributed by atoms with Crippen molar-refractivity contribution in [2.45, 2.75) is 24.9 Å². The standard InChI is InChI=1S/C16H14O3/c1-16-14(11-7-3-2-4-8-11)12-9-5-6-10-13(12)15(17-16)18-19-16/h2-10,14-15H,1H3/t14?,15-,16+/m0/s1. The van der Waals surface area contributed by atoms with E-state index in [1.807, 2.05) is 43.3 Å². The highest BCUT2D eigenvalue weighted by atomic mass is 17.3. The van der Waals surface area contributed by atoms with Gasteiger partial charge in [0.25, 0.3) is 0 Å². The van der Waals surface area contributed by atoms with E-state index in [0.717, 1.165) is 5.56 Å². The zero-order valence-corrected chi connectivity index (χ0v) is 10.6. The van der Waals surface area contributed by atoms with Crippen molar-refractivity contribution >= 4 is 0 Å². The topological polar surface area (TPSA) is 27.7 Å². The van der Waals surface area contributed by atoms with Gasteiger partial charge in [-0.3, -0.25) is 0 Å². The lowest BCUT2D eigenvalue weighted by Crippen LogP contribution is -2.38. The van der Waals surface area contributed by atoms with E-state index in [4.69, 9.17) is 14.5 Å². The molecule has 0 radical (unpaired) electrons. The van der Waals surface area contributed by atoms with Gasteiger partial charge in [0.1, 0.15) is 0 Å². The molecule has 0 amide bonds. The quantitative estimate of drug-likeness (QED) is 0.729. The zero-order valence-electron chi connectivity index (χ0n) is 10.6. The fraction of sp³-hybridized carbons (Fsp3) is 0.250. The normalized spacial score (nSPS) is 32.1. The highest BCUT2D eigenvalue weighted by molar-refractivity contribution is 5.42. The molecule has 0 spiro atoms. The second kappa shape index (κ2) is 3.90. The number of hydrogen-bond donors (Lipinski definition) is 0. The van der Waals surface area contributed by atoms with Crippen LogP contribution in [0, 0.1) is 0 Å². The fourth-order valence-electron chi connectivity index (χ4n) is 3.02. The molecule has 3 nitrogen and oxygen atoms in total. The molecule has 2 aromatic rings. The van der Waals surface area contributed by atoms with Crippen molar-refractivity contribution in [2.24, 2.45) is 0 Å². The van der Waals surface area contributed by atoms with E-state index in [1.54, 1.807) is 0 Å². The Hall–Kier alpha value is -1.68. The lowest BCUT2D eigenvalue weighted by molar-refractivity contribution is -0.327. The first-order valence-corrected chi connectivity index (χ1v) is 6.44. The zero-order chi connectivity index (χ0) is 12.9. The van der Waals surface area contributed by atoms with Crippen LogP contribution in [0.4, 0.5) is 0 Å². The lowest BCUT2D eigenvalue weighted by Gasteiger charge is -2.35. The molecule has 0 aliphatic carbocycles. The second-order valence-electron chi connectivity index (χ2n) is 5.12. The van der Waals surface area contributed by atoms with Gasteiger partial charge in [0, 0.05) is 5.56 Å².